The van der Waals surface area contributed by atoms with Crippen LogP contribution in [0, 0.1) is 17.8 Å². The van der Waals surface area contributed by atoms with Crippen LogP contribution in [0.15, 0.2) is 0 Å². The number of nitrogens with two attached hydrogens (primary N) is 1. The van der Waals surface area contributed by atoms with Crippen molar-refractivity contribution in [2.45, 2.75) is 31.7 Å². The van der Waals surface area contributed by atoms with Crippen LogP contribution < -0.4 is 5.73 Å². The van der Waals surface area contributed by atoms with E-state index < -0.39 is 17.4 Å². The predicted octanol–water partition coefficient (Wildman–Crippen LogP) is 1.01. The van der Waals surface area contributed by atoms with E-state index in [0.717, 1.165) is 6.42 Å². The van der Waals surface area contributed by atoms with Gasteiger partial charge in [0.25, 0.3) is 0 Å². The predicted molar refractivity (Wildman–Crippen MR) is 52.6 cm³/mol. The zero-order valence-electron chi connectivity index (χ0n) is 7.54. The van der Waals surface area contributed by atoms with E-state index in [1.54, 1.807) is 6.92 Å². The number of aliphatic carboxylic acids is 1. The molecule has 0 radical (unpaired) electrons. The average molecular weight is 204 g/mol. The topological polar surface area (TPSA) is 63.3 Å². The molecule has 0 aromatic rings. The molecule has 1 aliphatic rings. The molecule has 1 saturated carbocycles. The van der Waals surface area contributed by atoms with Crippen molar-refractivity contribution >= 4 is 18.4 Å². The van der Waals surface area contributed by atoms with Gasteiger partial charge < -0.3 is 10.8 Å². The van der Waals surface area contributed by atoms with Crippen LogP contribution in [0.4, 0.5) is 0 Å². The standard InChI is InChI=1S/C9H13NO2.ClH/c1-2-5-9(10)6-3-4-7(9)8(11)12;/h7H,3-4,6,10H2,1H3,(H,11,12);1H. The molecular weight excluding hydrogens is 190 g/mol. The summed E-state index contributed by atoms with van der Waals surface area (Å²) < 4.78 is 0. The molecule has 0 aromatic heterocycles. The van der Waals surface area contributed by atoms with Crippen LogP contribution in [0.25, 0.3) is 0 Å². The van der Waals surface area contributed by atoms with Crippen molar-refractivity contribution in [3.63, 3.8) is 0 Å². The minimum absolute atomic E-state index is 0. The monoisotopic (exact) mass is 203 g/mol. The van der Waals surface area contributed by atoms with E-state index in [0.29, 0.717) is 12.8 Å². The molecule has 13 heavy (non-hydrogen) atoms. The van der Waals surface area contributed by atoms with Gasteiger partial charge in [-0.15, -0.1) is 18.3 Å². The van der Waals surface area contributed by atoms with E-state index in [9.17, 15) is 4.79 Å². The lowest BCUT2D eigenvalue weighted by atomic mass is 9.89. The molecule has 0 spiro atoms. The SMILES string of the molecule is CC#CC1(N)CCCC1C(=O)O.Cl. The van der Waals surface area contributed by atoms with Crippen molar-refractivity contribution in [1.82, 2.24) is 0 Å². The van der Waals surface area contributed by atoms with E-state index in [-0.39, 0.29) is 12.4 Å². The van der Waals surface area contributed by atoms with Gasteiger partial charge in [-0.1, -0.05) is 5.92 Å². The molecular formula is C9H14ClNO2. The Bertz CT molecular complexity index is 256. The van der Waals surface area contributed by atoms with Crippen LogP contribution in [-0.2, 0) is 4.79 Å². The van der Waals surface area contributed by atoms with Gasteiger partial charge in [0.2, 0.25) is 0 Å². The molecule has 3 nitrogen and oxygen atoms in total. The van der Waals surface area contributed by atoms with E-state index in [1.807, 2.05) is 0 Å². The third-order valence-electron chi connectivity index (χ3n) is 2.36. The second-order valence-corrected chi connectivity index (χ2v) is 3.20. The molecule has 0 aromatic carbocycles. The molecule has 2 atom stereocenters. The van der Waals surface area contributed by atoms with Crippen molar-refractivity contribution in [3.05, 3.63) is 0 Å². The van der Waals surface area contributed by atoms with Crippen LogP contribution in [0.5, 0.6) is 0 Å². The van der Waals surface area contributed by atoms with Crippen LogP contribution in [0.1, 0.15) is 26.2 Å². The molecule has 3 N–H and O–H groups in total. The first kappa shape index (κ1) is 12.3. The second-order valence-electron chi connectivity index (χ2n) is 3.20. The van der Waals surface area contributed by atoms with Crippen molar-refractivity contribution < 1.29 is 9.90 Å². The molecule has 4 heteroatoms. The Morgan fingerprint density at radius 3 is 2.77 bits per heavy atom. The summed E-state index contributed by atoms with van der Waals surface area (Å²) in [5.74, 6) is 4.19. The number of carbonyl (C=O) groups is 1. The summed E-state index contributed by atoms with van der Waals surface area (Å²) in [5.41, 5.74) is 5.08. The highest BCUT2D eigenvalue weighted by atomic mass is 35.5. The van der Waals surface area contributed by atoms with Gasteiger partial charge in [0, 0.05) is 0 Å². The zero-order valence-corrected chi connectivity index (χ0v) is 8.36. The number of hydrogen-bond acceptors (Lipinski definition) is 2. The van der Waals surface area contributed by atoms with Gasteiger partial charge >= 0.3 is 5.97 Å². The Hall–Kier alpha value is -0.720. The average Bonchev–Trinajstić information content (AvgIpc) is 2.32. The fraction of sp³-hybridized carbons (Fsp3) is 0.667. The van der Waals surface area contributed by atoms with Gasteiger partial charge in [-0.2, -0.15) is 0 Å². The van der Waals surface area contributed by atoms with Gasteiger partial charge in [-0.25, -0.2) is 0 Å². The van der Waals surface area contributed by atoms with Gasteiger partial charge in [0.15, 0.2) is 0 Å². The molecule has 0 bridgehead atoms. The van der Waals surface area contributed by atoms with Crippen molar-refractivity contribution in [2.24, 2.45) is 11.7 Å². The third-order valence-corrected chi connectivity index (χ3v) is 2.36. The first-order chi connectivity index (χ1) is 5.60. The second kappa shape index (κ2) is 4.50. The van der Waals surface area contributed by atoms with Gasteiger partial charge in [-0.05, 0) is 26.2 Å². The molecule has 0 saturated heterocycles. The molecule has 0 amide bonds. The maximum Gasteiger partial charge on any atom is 0.309 e. The summed E-state index contributed by atoms with van der Waals surface area (Å²) in [6.45, 7) is 1.69. The highest BCUT2D eigenvalue weighted by Crippen LogP contribution is 2.33. The van der Waals surface area contributed by atoms with Crippen LogP contribution >= 0.6 is 12.4 Å². The van der Waals surface area contributed by atoms with E-state index in [4.69, 9.17) is 10.8 Å². The highest BCUT2D eigenvalue weighted by molar-refractivity contribution is 5.85. The fourth-order valence-corrected chi connectivity index (χ4v) is 1.76. The minimum Gasteiger partial charge on any atom is -0.481 e. The molecule has 2 unspecified atom stereocenters. The quantitative estimate of drug-likeness (QED) is 0.626. The first-order valence-electron chi connectivity index (χ1n) is 4.06. The number of carboxylic acids is 1. The summed E-state index contributed by atoms with van der Waals surface area (Å²) in [6, 6.07) is 0. The summed E-state index contributed by atoms with van der Waals surface area (Å²) in [7, 11) is 0. The lowest BCUT2D eigenvalue weighted by Crippen LogP contribution is -2.45. The minimum atomic E-state index is -0.822. The molecule has 1 rings (SSSR count). The molecule has 0 aliphatic heterocycles. The summed E-state index contributed by atoms with van der Waals surface area (Å²) in [4.78, 5) is 10.7. The fourth-order valence-electron chi connectivity index (χ4n) is 1.76. The molecule has 0 heterocycles. The third kappa shape index (κ3) is 2.36. The van der Waals surface area contributed by atoms with Crippen LogP contribution in [0.3, 0.4) is 0 Å². The number of hydrogen-bond donors (Lipinski definition) is 2. The summed E-state index contributed by atoms with van der Waals surface area (Å²) in [6.07, 6.45) is 2.22. The molecule has 1 aliphatic carbocycles. The van der Waals surface area contributed by atoms with E-state index in [2.05, 4.69) is 11.8 Å². The molecule has 1 fully saturated rings. The molecule has 74 valence electrons. The van der Waals surface area contributed by atoms with Gasteiger partial charge in [0.1, 0.15) is 0 Å². The summed E-state index contributed by atoms with van der Waals surface area (Å²) >= 11 is 0. The van der Waals surface area contributed by atoms with E-state index in [1.165, 1.54) is 0 Å². The Morgan fingerprint density at radius 2 is 2.31 bits per heavy atom. The Labute approximate surface area is 84.1 Å². The van der Waals surface area contributed by atoms with Gasteiger partial charge in [0.05, 0.1) is 11.5 Å². The Balaban J connectivity index is 0.00000144. The normalized spacial score (nSPS) is 31.4. The zero-order chi connectivity index (χ0) is 9.19. The highest BCUT2D eigenvalue weighted by Gasteiger charge is 2.42. The van der Waals surface area contributed by atoms with Crippen LogP contribution in [-0.4, -0.2) is 16.6 Å². The number of carboxylic acid groups (broad SMARTS) is 1. The maximum absolute atomic E-state index is 10.7. The summed E-state index contributed by atoms with van der Waals surface area (Å²) in [5, 5.41) is 8.83. The smallest absolute Gasteiger partial charge is 0.309 e. The first-order valence-corrected chi connectivity index (χ1v) is 4.06. The number of rotatable bonds is 1. The lowest BCUT2D eigenvalue weighted by molar-refractivity contribution is -0.142. The Morgan fingerprint density at radius 1 is 1.69 bits per heavy atom. The van der Waals surface area contributed by atoms with Crippen LogP contribution in [0.2, 0.25) is 0 Å². The maximum atomic E-state index is 10.7. The van der Waals surface area contributed by atoms with Crippen molar-refractivity contribution in [3.8, 4) is 11.8 Å². The lowest BCUT2D eigenvalue weighted by Gasteiger charge is -2.21. The largest absolute Gasteiger partial charge is 0.481 e. The Kier molecular flexibility index (Phi) is 4.25. The van der Waals surface area contributed by atoms with E-state index >= 15 is 0 Å². The van der Waals surface area contributed by atoms with Crippen molar-refractivity contribution in [1.29, 1.82) is 0 Å². The van der Waals surface area contributed by atoms with Crippen molar-refractivity contribution in [2.75, 3.05) is 0 Å². The number of halogens is 1. The van der Waals surface area contributed by atoms with Gasteiger partial charge in [-0.3, -0.25) is 4.79 Å².